The lowest BCUT2D eigenvalue weighted by Crippen LogP contribution is -2.25. The van der Waals surface area contributed by atoms with Gasteiger partial charge in [0.2, 0.25) is 0 Å². The first-order valence-electron chi connectivity index (χ1n) is 4.83. The molecule has 0 saturated carbocycles. The molecule has 0 radical (unpaired) electrons. The number of thiophene rings is 1. The summed E-state index contributed by atoms with van der Waals surface area (Å²) in [6.07, 6.45) is 0.781. The Bertz CT molecular complexity index is 304. The molecule has 0 bridgehead atoms. The number of nitrogens with one attached hydrogen (secondary N) is 1. The third-order valence-electron chi connectivity index (χ3n) is 2.08. The van der Waals surface area contributed by atoms with Crippen LogP contribution in [-0.4, -0.2) is 24.9 Å². The van der Waals surface area contributed by atoms with E-state index < -0.39 is 0 Å². The molecule has 1 atom stereocenters. The Morgan fingerprint density at radius 1 is 1.67 bits per heavy atom. The highest BCUT2D eigenvalue weighted by atomic mass is 79.9. The molecule has 1 aromatic rings. The molecule has 0 fully saturated rings. The first kappa shape index (κ1) is 13.0. The number of halogens is 1. The molecular formula is C10H16BrNO2S. The highest BCUT2D eigenvalue weighted by molar-refractivity contribution is 9.10. The Balaban J connectivity index is 2.43. The van der Waals surface area contributed by atoms with Crippen LogP contribution in [0.25, 0.3) is 0 Å². The van der Waals surface area contributed by atoms with E-state index in [4.69, 9.17) is 9.84 Å². The van der Waals surface area contributed by atoms with Crippen LogP contribution in [0.1, 0.15) is 18.2 Å². The summed E-state index contributed by atoms with van der Waals surface area (Å²) in [5, 5.41) is 13.0. The molecule has 1 rings (SSSR count). The SMILES string of the molecule is COc1sc(CN[C@H](C)CCO)cc1Br. The van der Waals surface area contributed by atoms with Crippen molar-refractivity contribution >= 4 is 27.3 Å². The molecule has 5 heteroatoms. The minimum Gasteiger partial charge on any atom is -0.486 e. The van der Waals surface area contributed by atoms with Crippen LogP contribution in [0.4, 0.5) is 0 Å². The zero-order valence-corrected chi connectivity index (χ0v) is 11.3. The molecule has 0 aromatic carbocycles. The molecule has 3 nitrogen and oxygen atoms in total. The van der Waals surface area contributed by atoms with Gasteiger partial charge in [-0.2, -0.15) is 0 Å². The fourth-order valence-electron chi connectivity index (χ4n) is 1.19. The second-order valence-corrected chi connectivity index (χ2v) is 5.30. The van der Waals surface area contributed by atoms with E-state index >= 15 is 0 Å². The predicted molar refractivity (Wildman–Crippen MR) is 66.6 cm³/mol. The third kappa shape index (κ3) is 4.10. The molecule has 2 N–H and O–H groups in total. The molecule has 0 aliphatic rings. The number of methoxy groups -OCH3 is 1. The summed E-state index contributed by atoms with van der Waals surface area (Å²) in [5.41, 5.74) is 0. The van der Waals surface area contributed by atoms with Crippen molar-refractivity contribution in [1.82, 2.24) is 5.32 Å². The van der Waals surface area contributed by atoms with E-state index in [1.807, 2.05) is 0 Å². The number of aliphatic hydroxyl groups is 1. The van der Waals surface area contributed by atoms with Crippen molar-refractivity contribution in [2.75, 3.05) is 13.7 Å². The van der Waals surface area contributed by atoms with Crippen LogP contribution in [-0.2, 0) is 6.54 Å². The van der Waals surface area contributed by atoms with Gasteiger partial charge in [-0.3, -0.25) is 0 Å². The molecule has 1 heterocycles. The molecule has 15 heavy (non-hydrogen) atoms. The average Bonchev–Trinajstić information content (AvgIpc) is 2.56. The zero-order valence-electron chi connectivity index (χ0n) is 8.92. The van der Waals surface area contributed by atoms with Crippen LogP contribution in [0.15, 0.2) is 10.5 Å². The highest BCUT2D eigenvalue weighted by Gasteiger charge is 2.07. The van der Waals surface area contributed by atoms with Crippen LogP contribution in [0.2, 0.25) is 0 Å². The van der Waals surface area contributed by atoms with Crippen molar-refractivity contribution in [2.45, 2.75) is 25.9 Å². The van der Waals surface area contributed by atoms with Gasteiger partial charge in [-0.05, 0) is 35.3 Å². The fourth-order valence-corrected chi connectivity index (χ4v) is 2.84. The zero-order chi connectivity index (χ0) is 11.3. The maximum Gasteiger partial charge on any atom is 0.188 e. The normalized spacial score (nSPS) is 12.8. The van der Waals surface area contributed by atoms with E-state index in [1.165, 1.54) is 4.88 Å². The summed E-state index contributed by atoms with van der Waals surface area (Å²) in [7, 11) is 1.67. The summed E-state index contributed by atoms with van der Waals surface area (Å²) in [6.45, 7) is 3.11. The van der Waals surface area contributed by atoms with E-state index in [1.54, 1.807) is 18.4 Å². The number of aliphatic hydroxyl groups excluding tert-OH is 1. The maximum atomic E-state index is 8.76. The number of ether oxygens (including phenoxy) is 1. The van der Waals surface area contributed by atoms with Gasteiger partial charge in [-0.15, -0.1) is 11.3 Å². The summed E-state index contributed by atoms with van der Waals surface area (Å²) < 4.78 is 6.19. The Labute approximate surface area is 103 Å². The number of hydrogen-bond acceptors (Lipinski definition) is 4. The largest absolute Gasteiger partial charge is 0.486 e. The van der Waals surface area contributed by atoms with Gasteiger partial charge < -0.3 is 15.2 Å². The second-order valence-electron chi connectivity index (χ2n) is 3.35. The molecule has 0 amide bonds. The van der Waals surface area contributed by atoms with Crippen LogP contribution in [0, 0.1) is 0 Å². The molecule has 0 aliphatic heterocycles. The smallest absolute Gasteiger partial charge is 0.188 e. The number of hydrogen-bond donors (Lipinski definition) is 2. The molecule has 0 unspecified atom stereocenters. The first-order chi connectivity index (χ1) is 7.17. The van der Waals surface area contributed by atoms with E-state index in [-0.39, 0.29) is 6.61 Å². The Hall–Kier alpha value is -0.100. The van der Waals surface area contributed by atoms with Gasteiger partial charge in [0, 0.05) is 24.1 Å². The summed E-state index contributed by atoms with van der Waals surface area (Å²) in [6, 6.07) is 2.39. The molecule has 86 valence electrons. The first-order valence-corrected chi connectivity index (χ1v) is 6.44. The maximum absolute atomic E-state index is 8.76. The fraction of sp³-hybridized carbons (Fsp3) is 0.600. The standard InChI is InChI=1S/C10H16BrNO2S/c1-7(3-4-13)12-6-8-5-9(11)10(14-2)15-8/h5,7,12-13H,3-4,6H2,1-2H3/t7-/m1/s1. The summed E-state index contributed by atoms with van der Waals surface area (Å²) >= 11 is 5.06. The lowest BCUT2D eigenvalue weighted by Gasteiger charge is -2.10. The number of rotatable bonds is 6. The molecular weight excluding hydrogens is 278 g/mol. The quantitative estimate of drug-likeness (QED) is 0.846. The van der Waals surface area contributed by atoms with Gasteiger partial charge in [-0.25, -0.2) is 0 Å². The second kappa shape index (κ2) is 6.48. The van der Waals surface area contributed by atoms with E-state index in [9.17, 15) is 0 Å². The summed E-state index contributed by atoms with van der Waals surface area (Å²) in [5.74, 6) is 0. The summed E-state index contributed by atoms with van der Waals surface area (Å²) in [4.78, 5) is 1.23. The van der Waals surface area contributed by atoms with Crippen LogP contribution in [0.5, 0.6) is 5.06 Å². The van der Waals surface area contributed by atoms with Crippen molar-refractivity contribution in [1.29, 1.82) is 0 Å². The lowest BCUT2D eigenvalue weighted by atomic mass is 10.2. The van der Waals surface area contributed by atoms with Gasteiger partial charge in [0.25, 0.3) is 0 Å². The van der Waals surface area contributed by atoms with Gasteiger partial charge >= 0.3 is 0 Å². The minimum absolute atomic E-state index is 0.228. The molecule has 0 aliphatic carbocycles. The van der Waals surface area contributed by atoms with Crippen molar-refractivity contribution in [3.8, 4) is 5.06 Å². The molecule has 0 saturated heterocycles. The molecule has 0 spiro atoms. The van der Waals surface area contributed by atoms with E-state index in [0.29, 0.717) is 6.04 Å². The average molecular weight is 294 g/mol. The Morgan fingerprint density at radius 3 is 2.93 bits per heavy atom. The van der Waals surface area contributed by atoms with Gasteiger partial charge in [0.05, 0.1) is 11.6 Å². The van der Waals surface area contributed by atoms with Gasteiger partial charge in [0.15, 0.2) is 5.06 Å². The van der Waals surface area contributed by atoms with Gasteiger partial charge in [-0.1, -0.05) is 0 Å². The lowest BCUT2D eigenvalue weighted by molar-refractivity contribution is 0.269. The molecule has 1 aromatic heterocycles. The Kier molecular flexibility index (Phi) is 5.60. The van der Waals surface area contributed by atoms with E-state index in [0.717, 1.165) is 22.5 Å². The monoisotopic (exact) mass is 293 g/mol. The van der Waals surface area contributed by atoms with Crippen LogP contribution in [0.3, 0.4) is 0 Å². The van der Waals surface area contributed by atoms with Crippen LogP contribution < -0.4 is 10.1 Å². The van der Waals surface area contributed by atoms with Crippen molar-refractivity contribution in [3.05, 3.63) is 15.4 Å². The van der Waals surface area contributed by atoms with Crippen molar-refractivity contribution < 1.29 is 9.84 Å². The van der Waals surface area contributed by atoms with Crippen LogP contribution >= 0.6 is 27.3 Å². The highest BCUT2D eigenvalue weighted by Crippen LogP contribution is 2.34. The predicted octanol–water partition coefficient (Wildman–Crippen LogP) is 2.38. The van der Waals surface area contributed by atoms with E-state index in [2.05, 4.69) is 34.2 Å². The topological polar surface area (TPSA) is 41.5 Å². The van der Waals surface area contributed by atoms with Gasteiger partial charge in [0.1, 0.15) is 0 Å². The third-order valence-corrected chi connectivity index (χ3v) is 4.03. The minimum atomic E-state index is 0.228. The van der Waals surface area contributed by atoms with Crippen molar-refractivity contribution in [3.63, 3.8) is 0 Å². The Morgan fingerprint density at radius 2 is 2.40 bits per heavy atom. The van der Waals surface area contributed by atoms with Crippen molar-refractivity contribution in [2.24, 2.45) is 0 Å².